The molecule has 1 aromatic carbocycles. The third-order valence-electron chi connectivity index (χ3n) is 4.40. The van der Waals surface area contributed by atoms with E-state index in [4.69, 9.17) is 9.47 Å². The summed E-state index contributed by atoms with van der Waals surface area (Å²) in [6, 6.07) is 3.87. The molecule has 0 saturated carbocycles. The molecule has 0 unspecified atom stereocenters. The van der Waals surface area contributed by atoms with Gasteiger partial charge in [0.15, 0.2) is 5.75 Å². The number of hydrogen-bond donors (Lipinski definition) is 1. The predicted molar refractivity (Wildman–Crippen MR) is 112 cm³/mol. The molecule has 10 heteroatoms. The number of hydrogen-bond acceptors (Lipinski definition) is 8. The smallest absolute Gasteiger partial charge is 0.499 e. The summed E-state index contributed by atoms with van der Waals surface area (Å²) in [7, 11) is 0. The summed E-state index contributed by atoms with van der Waals surface area (Å²) >= 11 is 0. The number of rotatable bonds is 11. The molecule has 0 aromatic heterocycles. The summed E-state index contributed by atoms with van der Waals surface area (Å²) < 4.78 is 9.84. The molecule has 0 atom stereocenters. The van der Waals surface area contributed by atoms with Crippen LogP contribution >= 0.6 is 0 Å². The number of unbranched alkanes of at least 4 members (excludes halogenated alkanes) is 3. The van der Waals surface area contributed by atoms with Crippen molar-refractivity contribution in [3.05, 3.63) is 33.4 Å². The molecular weight excluding hydrogens is 406 g/mol. The summed E-state index contributed by atoms with van der Waals surface area (Å²) in [5.41, 5.74) is -0.965. The fourth-order valence-corrected chi connectivity index (χ4v) is 2.71. The van der Waals surface area contributed by atoms with E-state index < -0.39 is 34.2 Å². The second kappa shape index (κ2) is 12.8. The average molecular weight is 433 g/mol. The second-order valence-electron chi connectivity index (χ2n) is 6.55. The van der Waals surface area contributed by atoms with Crippen LogP contribution in [-0.4, -0.2) is 46.7 Å². The Hall–Kier alpha value is -3.61. The van der Waals surface area contributed by atoms with Crippen molar-refractivity contribution in [3.63, 3.8) is 0 Å². The first-order valence-electron chi connectivity index (χ1n) is 10.1. The van der Waals surface area contributed by atoms with E-state index in [0.717, 1.165) is 37.5 Å². The lowest BCUT2D eigenvalue weighted by Crippen LogP contribution is -2.31. The molecular formula is C21H27N3O7. The number of carbonyl (C=O) groups excluding carboxylic acids is 2. The molecule has 1 rings (SSSR count). The van der Waals surface area contributed by atoms with E-state index >= 15 is 0 Å². The zero-order valence-corrected chi connectivity index (χ0v) is 17.9. The Balaban J connectivity index is 3.17. The number of amides is 1. The average Bonchev–Trinajstić information content (AvgIpc) is 2.74. The van der Waals surface area contributed by atoms with E-state index in [1.54, 1.807) is 19.9 Å². The van der Waals surface area contributed by atoms with Crippen LogP contribution in [0.5, 0.6) is 11.5 Å². The maximum atomic E-state index is 12.4. The number of nitro groups is 1. The molecule has 0 radical (unpaired) electrons. The van der Waals surface area contributed by atoms with Crippen molar-refractivity contribution in [2.45, 2.75) is 46.5 Å². The fourth-order valence-electron chi connectivity index (χ4n) is 2.71. The summed E-state index contributed by atoms with van der Waals surface area (Å²) in [6.45, 7) is 6.41. The minimum Gasteiger partial charge on any atom is -0.499 e. The SMILES string of the molecule is CCCCCCOC(=O)Oc1cc(/C=C(\C#N)C(=O)N(CC)CC)cc([N+](=O)[O-])c1O. The Labute approximate surface area is 180 Å². The topological polar surface area (TPSA) is 143 Å². The zero-order chi connectivity index (χ0) is 23.4. The highest BCUT2D eigenvalue weighted by Gasteiger charge is 2.23. The van der Waals surface area contributed by atoms with Crippen LogP contribution in [0.4, 0.5) is 10.5 Å². The number of ether oxygens (including phenoxy) is 2. The van der Waals surface area contributed by atoms with E-state index in [2.05, 4.69) is 0 Å². The van der Waals surface area contributed by atoms with E-state index in [0.29, 0.717) is 19.5 Å². The van der Waals surface area contributed by atoms with Crippen molar-refractivity contribution in [3.8, 4) is 17.6 Å². The van der Waals surface area contributed by atoms with Crippen LogP contribution in [0.15, 0.2) is 17.7 Å². The molecule has 1 amide bonds. The van der Waals surface area contributed by atoms with Gasteiger partial charge in [-0.15, -0.1) is 0 Å². The number of nitro benzene ring substituents is 1. The minimum absolute atomic E-state index is 0.0345. The van der Waals surface area contributed by atoms with Gasteiger partial charge in [-0.1, -0.05) is 26.2 Å². The third kappa shape index (κ3) is 7.62. The van der Waals surface area contributed by atoms with E-state index in [1.807, 2.05) is 6.92 Å². The Morgan fingerprint density at radius 3 is 2.45 bits per heavy atom. The standard InChI is InChI=1S/C21H27N3O7/c1-4-7-8-9-10-30-21(27)31-18-13-15(12-17(19(18)25)24(28)29)11-16(14-22)20(26)23(5-2)6-3/h11-13,25H,4-10H2,1-3H3/b16-11+. The van der Waals surface area contributed by atoms with Gasteiger partial charge in [-0.05, 0) is 38.0 Å². The maximum Gasteiger partial charge on any atom is 0.513 e. The Bertz CT molecular complexity index is 870. The highest BCUT2D eigenvalue weighted by molar-refractivity contribution is 6.01. The first kappa shape index (κ1) is 25.4. The third-order valence-corrected chi connectivity index (χ3v) is 4.40. The van der Waals surface area contributed by atoms with E-state index in [-0.39, 0.29) is 17.7 Å². The van der Waals surface area contributed by atoms with Gasteiger partial charge in [0.25, 0.3) is 5.91 Å². The van der Waals surface area contributed by atoms with Gasteiger partial charge in [0.2, 0.25) is 5.75 Å². The Morgan fingerprint density at radius 1 is 1.23 bits per heavy atom. The first-order valence-corrected chi connectivity index (χ1v) is 10.1. The quantitative estimate of drug-likeness (QED) is 0.104. The molecule has 31 heavy (non-hydrogen) atoms. The number of likely N-dealkylation sites (N-methyl/N-ethyl adjacent to an activating group) is 1. The number of aromatic hydroxyl groups is 1. The van der Waals surface area contributed by atoms with Gasteiger partial charge in [0.1, 0.15) is 11.6 Å². The number of phenolic OH excluding ortho intramolecular Hbond substituents is 1. The van der Waals surface area contributed by atoms with Crippen LogP contribution in [0.2, 0.25) is 0 Å². The van der Waals surface area contributed by atoms with Crippen molar-refractivity contribution in [2.24, 2.45) is 0 Å². The van der Waals surface area contributed by atoms with Crippen LogP contribution < -0.4 is 4.74 Å². The van der Waals surface area contributed by atoms with Crippen LogP contribution in [0.25, 0.3) is 6.08 Å². The molecule has 0 heterocycles. The molecule has 0 fully saturated rings. The predicted octanol–water partition coefficient (Wildman–Crippen LogP) is 4.17. The molecule has 1 aromatic rings. The van der Waals surface area contributed by atoms with Crippen molar-refractivity contribution < 1.29 is 29.1 Å². The molecule has 0 bridgehead atoms. The van der Waals surface area contributed by atoms with Crippen LogP contribution in [0, 0.1) is 21.4 Å². The normalized spacial score (nSPS) is 10.8. The van der Waals surface area contributed by atoms with E-state index in [1.165, 1.54) is 4.90 Å². The van der Waals surface area contributed by atoms with Crippen LogP contribution in [0.1, 0.15) is 52.0 Å². The van der Waals surface area contributed by atoms with Crippen LogP contribution in [0.3, 0.4) is 0 Å². The van der Waals surface area contributed by atoms with Crippen molar-refractivity contribution in [2.75, 3.05) is 19.7 Å². The second-order valence-corrected chi connectivity index (χ2v) is 6.55. The van der Waals surface area contributed by atoms with E-state index in [9.17, 15) is 30.1 Å². The lowest BCUT2D eigenvalue weighted by Gasteiger charge is -2.17. The van der Waals surface area contributed by atoms with Gasteiger partial charge >= 0.3 is 11.8 Å². The van der Waals surface area contributed by atoms with Gasteiger partial charge < -0.3 is 19.5 Å². The molecule has 0 saturated heterocycles. The van der Waals surface area contributed by atoms with Crippen molar-refractivity contribution >= 4 is 23.8 Å². The molecule has 10 nitrogen and oxygen atoms in total. The molecule has 0 spiro atoms. The molecule has 0 aliphatic carbocycles. The number of nitriles is 1. The van der Waals surface area contributed by atoms with Crippen molar-refractivity contribution in [1.82, 2.24) is 4.90 Å². The minimum atomic E-state index is -1.12. The highest BCUT2D eigenvalue weighted by atomic mass is 16.7. The van der Waals surface area contributed by atoms with Gasteiger partial charge in [-0.25, -0.2) is 4.79 Å². The van der Waals surface area contributed by atoms with Gasteiger partial charge in [0.05, 0.1) is 11.5 Å². The summed E-state index contributed by atoms with van der Waals surface area (Å²) in [5, 5.41) is 30.7. The highest BCUT2D eigenvalue weighted by Crippen LogP contribution is 2.38. The molecule has 0 aliphatic heterocycles. The maximum absolute atomic E-state index is 12.4. The molecule has 0 aliphatic rings. The Morgan fingerprint density at radius 2 is 1.90 bits per heavy atom. The lowest BCUT2D eigenvalue weighted by molar-refractivity contribution is -0.385. The van der Waals surface area contributed by atoms with Crippen LogP contribution in [-0.2, 0) is 9.53 Å². The molecule has 168 valence electrons. The number of nitrogens with zero attached hydrogens (tertiary/aromatic N) is 3. The van der Waals surface area contributed by atoms with Gasteiger partial charge in [-0.2, -0.15) is 5.26 Å². The molecule has 1 N–H and O–H groups in total. The fraction of sp³-hybridized carbons (Fsp3) is 0.476. The zero-order valence-electron chi connectivity index (χ0n) is 17.9. The number of phenols is 1. The first-order chi connectivity index (χ1) is 14.8. The Kier molecular flexibility index (Phi) is 10.5. The monoisotopic (exact) mass is 433 g/mol. The summed E-state index contributed by atoms with van der Waals surface area (Å²) in [4.78, 5) is 36.2. The summed E-state index contributed by atoms with van der Waals surface area (Å²) in [6.07, 6.45) is 3.53. The number of carbonyl (C=O) groups is 2. The van der Waals surface area contributed by atoms with Gasteiger partial charge in [-0.3, -0.25) is 14.9 Å². The number of benzene rings is 1. The lowest BCUT2D eigenvalue weighted by atomic mass is 10.1. The largest absolute Gasteiger partial charge is 0.513 e. The van der Waals surface area contributed by atoms with Gasteiger partial charge in [0, 0.05) is 19.2 Å². The van der Waals surface area contributed by atoms with Crippen molar-refractivity contribution in [1.29, 1.82) is 5.26 Å². The summed E-state index contributed by atoms with van der Waals surface area (Å²) in [5.74, 6) is -1.91.